The van der Waals surface area contributed by atoms with Crippen LogP contribution in [-0.4, -0.2) is 0 Å². The smallest absolute Gasteiger partial charge is 0.416 e. The van der Waals surface area contributed by atoms with Gasteiger partial charge in [0.1, 0.15) is 11.5 Å². The molecule has 0 spiro atoms. The molecule has 0 aliphatic carbocycles. The van der Waals surface area contributed by atoms with E-state index in [1.807, 2.05) is 13.0 Å². The summed E-state index contributed by atoms with van der Waals surface area (Å²) in [6.07, 6.45) is -3.59. The summed E-state index contributed by atoms with van der Waals surface area (Å²) < 4.78 is 43.4. The molecule has 108 valence electrons. The molecule has 0 aliphatic rings. The average molecular weight is 283 g/mol. The maximum atomic E-state index is 12.6. The van der Waals surface area contributed by atoms with Crippen LogP contribution in [0.1, 0.15) is 41.2 Å². The summed E-state index contributed by atoms with van der Waals surface area (Å²) >= 11 is 0. The Morgan fingerprint density at radius 2 is 1.90 bits per heavy atom. The molecule has 1 heterocycles. The molecule has 1 aromatic heterocycles. The molecule has 5 heteroatoms. The summed E-state index contributed by atoms with van der Waals surface area (Å²) in [7, 11) is 0. The monoisotopic (exact) mass is 283 g/mol. The number of alkyl halides is 3. The fourth-order valence-electron chi connectivity index (χ4n) is 2.11. The van der Waals surface area contributed by atoms with Crippen molar-refractivity contribution in [1.29, 1.82) is 0 Å². The Morgan fingerprint density at radius 1 is 1.20 bits per heavy atom. The van der Waals surface area contributed by atoms with Gasteiger partial charge in [-0.25, -0.2) is 0 Å². The van der Waals surface area contributed by atoms with Gasteiger partial charge in [0.25, 0.3) is 0 Å². The van der Waals surface area contributed by atoms with Gasteiger partial charge < -0.3 is 10.2 Å². The van der Waals surface area contributed by atoms with Gasteiger partial charge in [-0.1, -0.05) is 13.0 Å². The Morgan fingerprint density at radius 3 is 2.40 bits per heavy atom. The lowest BCUT2D eigenvalue weighted by Crippen LogP contribution is -2.14. The number of halogens is 3. The quantitative estimate of drug-likeness (QED) is 0.916. The van der Waals surface area contributed by atoms with Crippen LogP contribution in [0.15, 0.2) is 34.7 Å². The second-order valence-corrected chi connectivity index (χ2v) is 4.70. The standard InChI is InChI=1S/C15H16F3NO/c1-3-11-5-7-13(20-11)14(19)12-6-4-10(8-9(12)2)15(16,17)18/h4-8,14H,3,19H2,1-2H3. The van der Waals surface area contributed by atoms with Crippen LogP contribution in [0.2, 0.25) is 0 Å². The second-order valence-electron chi connectivity index (χ2n) is 4.70. The molecule has 0 saturated carbocycles. The summed E-state index contributed by atoms with van der Waals surface area (Å²) in [5, 5.41) is 0. The number of furan rings is 1. The molecule has 0 amide bonds. The molecule has 0 bridgehead atoms. The lowest BCUT2D eigenvalue weighted by molar-refractivity contribution is -0.137. The first-order valence-corrected chi connectivity index (χ1v) is 6.35. The number of nitrogens with two attached hydrogens (primary N) is 1. The van der Waals surface area contributed by atoms with Crippen molar-refractivity contribution < 1.29 is 17.6 Å². The Labute approximate surface area is 115 Å². The van der Waals surface area contributed by atoms with Crippen molar-refractivity contribution in [2.75, 3.05) is 0 Å². The summed E-state index contributed by atoms with van der Waals surface area (Å²) in [6, 6.07) is 6.61. The van der Waals surface area contributed by atoms with Gasteiger partial charge in [0.05, 0.1) is 11.6 Å². The van der Waals surface area contributed by atoms with Crippen molar-refractivity contribution in [2.24, 2.45) is 5.73 Å². The van der Waals surface area contributed by atoms with E-state index in [0.717, 1.165) is 24.3 Å². The van der Waals surface area contributed by atoms with E-state index in [4.69, 9.17) is 10.2 Å². The zero-order valence-electron chi connectivity index (χ0n) is 11.3. The molecule has 2 nitrogen and oxygen atoms in total. The van der Waals surface area contributed by atoms with Crippen molar-refractivity contribution in [2.45, 2.75) is 32.5 Å². The van der Waals surface area contributed by atoms with Gasteiger partial charge in [-0.05, 0) is 42.3 Å². The maximum Gasteiger partial charge on any atom is 0.416 e. The van der Waals surface area contributed by atoms with Crippen molar-refractivity contribution in [1.82, 2.24) is 0 Å². The fraction of sp³-hybridized carbons (Fsp3) is 0.333. The van der Waals surface area contributed by atoms with Crippen molar-refractivity contribution in [3.63, 3.8) is 0 Å². The number of hydrogen-bond donors (Lipinski definition) is 1. The molecule has 1 atom stereocenters. The van der Waals surface area contributed by atoms with Crippen molar-refractivity contribution in [3.8, 4) is 0 Å². The van der Waals surface area contributed by atoms with E-state index in [-0.39, 0.29) is 0 Å². The SMILES string of the molecule is CCc1ccc(C(N)c2ccc(C(F)(F)F)cc2C)o1. The zero-order valence-corrected chi connectivity index (χ0v) is 11.3. The van der Waals surface area contributed by atoms with E-state index < -0.39 is 17.8 Å². The van der Waals surface area contributed by atoms with E-state index in [1.54, 1.807) is 13.0 Å². The summed E-state index contributed by atoms with van der Waals surface area (Å²) in [6.45, 7) is 3.58. The first-order valence-electron chi connectivity index (χ1n) is 6.35. The van der Waals surface area contributed by atoms with Crippen LogP contribution in [0, 0.1) is 6.92 Å². The van der Waals surface area contributed by atoms with Gasteiger partial charge in [0.2, 0.25) is 0 Å². The number of hydrogen-bond acceptors (Lipinski definition) is 2. The van der Waals surface area contributed by atoms with Gasteiger partial charge in [-0.2, -0.15) is 13.2 Å². The predicted octanol–water partition coefficient (Wildman–Crippen LogP) is 4.22. The van der Waals surface area contributed by atoms with E-state index in [2.05, 4.69) is 0 Å². The third kappa shape index (κ3) is 2.88. The highest BCUT2D eigenvalue weighted by atomic mass is 19.4. The minimum atomic E-state index is -4.34. The van der Waals surface area contributed by atoms with Gasteiger partial charge in [0.15, 0.2) is 0 Å². The van der Waals surface area contributed by atoms with Crippen LogP contribution in [0.5, 0.6) is 0 Å². The van der Waals surface area contributed by atoms with Crippen LogP contribution in [0.25, 0.3) is 0 Å². The normalized spacial score (nSPS) is 13.5. The number of benzene rings is 1. The van der Waals surface area contributed by atoms with E-state index in [0.29, 0.717) is 16.9 Å². The van der Waals surface area contributed by atoms with Crippen LogP contribution in [-0.2, 0) is 12.6 Å². The average Bonchev–Trinajstić information content (AvgIpc) is 2.85. The number of aryl methyl sites for hydroxylation is 2. The van der Waals surface area contributed by atoms with E-state index in [9.17, 15) is 13.2 Å². The largest absolute Gasteiger partial charge is 0.464 e. The van der Waals surface area contributed by atoms with Gasteiger partial charge in [-0.15, -0.1) is 0 Å². The van der Waals surface area contributed by atoms with Gasteiger partial charge in [-0.3, -0.25) is 0 Å². The molecule has 1 aromatic carbocycles. The summed E-state index contributed by atoms with van der Waals surface area (Å²) in [5.41, 5.74) is 6.54. The molecular weight excluding hydrogens is 267 g/mol. The highest BCUT2D eigenvalue weighted by Gasteiger charge is 2.31. The first-order chi connectivity index (χ1) is 9.32. The molecule has 1 unspecified atom stereocenters. The Kier molecular flexibility index (Phi) is 3.90. The zero-order chi connectivity index (χ0) is 14.9. The van der Waals surface area contributed by atoms with Crippen LogP contribution < -0.4 is 5.73 Å². The molecule has 0 saturated heterocycles. The minimum absolute atomic E-state index is 0.502. The molecular formula is C15H16F3NO. The highest BCUT2D eigenvalue weighted by Crippen LogP contribution is 2.32. The lowest BCUT2D eigenvalue weighted by atomic mass is 9.98. The predicted molar refractivity (Wildman–Crippen MR) is 70.3 cm³/mol. The van der Waals surface area contributed by atoms with Crippen molar-refractivity contribution in [3.05, 3.63) is 58.5 Å². The maximum absolute atomic E-state index is 12.6. The summed E-state index contributed by atoms with van der Waals surface area (Å²) in [4.78, 5) is 0. The van der Waals surface area contributed by atoms with Gasteiger partial charge in [0, 0.05) is 6.42 Å². The Bertz CT molecular complexity index is 601. The first kappa shape index (κ1) is 14.7. The highest BCUT2D eigenvalue weighted by molar-refractivity contribution is 5.37. The lowest BCUT2D eigenvalue weighted by Gasteiger charge is -2.15. The van der Waals surface area contributed by atoms with E-state index in [1.165, 1.54) is 6.07 Å². The fourth-order valence-corrected chi connectivity index (χ4v) is 2.11. The molecule has 0 fully saturated rings. The van der Waals surface area contributed by atoms with Crippen LogP contribution in [0.4, 0.5) is 13.2 Å². The van der Waals surface area contributed by atoms with Crippen LogP contribution >= 0.6 is 0 Å². The molecule has 2 aromatic rings. The molecule has 2 rings (SSSR count). The Hall–Kier alpha value is -1.75. The summed E-state index contributed by atoms with van der Waals surface area (Å²) in [5.74, 6) is 1.37. The molecule has 0 radical (unpaired) electrons. The second kappa shape index (κ2) is 5.32. The molecule has 2 N–H and O–H groups in total. The van der Waals surface area contributed by atoms with Crippen molar-refractivity contribution >= 4 is 0 Å². The topological polar surface area (TPSA) is 39.2 Å². The van der Waals surface area contributed by atoms with Gasteiger partial charge >= 0.3 is 6.18 Å². The Balaban J connectivity index is 2.33. The molecule has 0 aliphatic heterocycles. The van der Waals surface area contributed by atoms with E-state index >= 15 is 0 Å². The van der Waals surface area contributed by atoms with Crippen LogP contribution in [0.3, 0.4) is 0 Å². The molecule has 20 heavy (non-hydrogen) atoms. The third-order valence-electron chi connectivity index (χ3n) is 3.27. The minimum Gasteiger partial charge on any atom is -0.464 e. The number of rotatable bonds is 3. The third-order valence-corrected chi connectivity index (χ3v) is 3.27.